The second-order valence-electron chi connectivity index (χ2n) is 6.40. The zero-order valence-corrected chi connectivity index (χ0v) is 18.2. The Kier molecular flexibility index (Phi) is 7.05. The number of carbonyl (C=O) groups excluding carboxylic acids is 1. The molecule has 1 amide bonds. The number of anilines is 1. The van der Waals surface area contributed by atoms with E-state index in [0.717, 1.165) is 17.0 Å². The molecule has 1 aromatic carbocycles. The van der Waals surface area contributed by atoms with E-state index in [2.05, 4.69) is 27.1 Å². The van der Waals surface area contributed by atoms with Crippen molar-refractivity contribution in [2.75, 3.05) is 5.32 Å². The Hall–Kier alpha value is -2.65. The topological polar surface area (TPSA) is 81.9 Å². The summed E-state index contributed by atoms with van der Waals surface area (Å²) in [6, 6.07) is 7.82. The number of para-hydroxylation sites is 1. The lowest BCUT2D eigenvalue weighted by molar-refractivity contribution is -0.115. The molecule has 7 nitrogen and oxygen atoms in total. The number of ether oxygens (including phenoxy) is 1. The van der Waals surface area contributed by atoms with Crippen LogP contribution in [0.3, 0.4) is 0 Å². The number of nitrogens with one attached hydrogen (secondary N) is 1. The lowest BCUT2D eigenvalue weighted by atomic mass is 10.2. The van der Waals surface area contributed by atoms with Gasteiger partial charge in [-0.3, -0.25) is 9.36 Å². The molecule has 2 aromatic heterocycles. The van der Waals surface area contributed by atoms with E-state index in [1.165, 1.54) is 23.1 Å². The Bertz CT molecular complexity index is 998. The van der Waals surface area contributed by atoms with Crippen molar-refractivity contribution in [1.29, 1.82) is 0 Å². The first-order chi connectivity index (χ1) is 14.0. The van der Waals surface area contributed by atoms with Gasteiger partial charge < -0.3 is 10.1 Å². The zero-order chi connectivity index (χ0) is 20.8. The smallest absolute Gasteiger partial charge is 0.239 e. The number of nitrogens with zero attached hydrogens (tertiary/aromatic N) is 4. The van der Waals surface area contributed by atoms with E-state index in [-0.39, 0.29) is 17.8 Å². The molecule has 3 aromatic rings. The summed E-state index contributed by atoms with van der Waals surface area (Å²) >= 11 is 2.75. The number of rotatable bonds is 9. The van der Waals surface area contributed by atoms with E-state index in [9.17, 15) is 4.79 Å². The summed E-state index contributed by atoms with van der Waals surface area (Å²) in [7, 11) is 0. The van der Waals surface area contributed by atoms with Crippen LogP contribution in [0.4, 0.5) is 5.13 Å². The van der Waals surface area contributed by atoms with Crippen molar-refractivity contribution >= 4 is 34.1 Å². The van der Waals surface area contributed by atoms with Crippen LogP contribution in [0.5, 0.6) is 5.75 Å². The van der Waals surface area contributed by atoms with Gasteiger partial charge in [0.15, 0.2) is 16.1 Å². The van der Waals surface area contributed by atoms with Crippen LogP contribution < -0.4 is 10.1 Å². The van der Waals surface area contributed by atoms with Crippen LogP contribution in [0.2, 0.25) is 0 Å². The van der Waals surface area contributed by atoms with Crippen LogP contribution in [0.25, 0.3) is 0 Å². The summed E-state index contributed by atoms with van der Waals surface area (Å²) in [6.07, 6.45) is 1.77. The fourth-order valence-corrected chi connectivity index (χ4v) is 4.08. The largest absolute Gasteiger partial charge is 0.485 e. The average Bonchev–Trinajstić information content (AvgIpc) is 3.27. The highest BCUT2D eigenvalue weighted by molar-refractivity contribution is 8.00. The van der Waals surface area contributed by atoms with Gasteiger partial charge in [0.1, 0.15) is 12.4 Å². The lowest BCUT2D eigenvalue weighted by Crippen LogP contribution is -2.23. The predicted octanol–water partition coefficient (Wildman–Crippen LogP) is 4.24. The molecule has 0 aliphatic carbocycles. The van der Waals surface area contributed by atoms with Gasteiger partial charge in [-0.05, 0) is 32.4 Å². The van der Waals surface area contributed by atoms with E-state index in [1.54, 1.807) is 6.08 Å². The normalized spacial score (nSPS) is 11.8. The molecule has 0 unspecified atom stereocenters. The summed E-state index contributed by atoms with van der Waals surface area (Å²) in [5, 5.41) is 14.1. The molecular formula is C20H23N5O2S2. The molecule has 2 heterocycles. The first-order valence-corrected chi connectivity index (χ1v) is 10.8. The van der Waals surface area contributed by atoms with Gasteiger partial charge >= 0.3 is 0 Å². The van der Waals surface area contributed by atoms with Gasteiger partial charge in [-0.2, -0.15) is 0 Å². The third kappa shape index (κ3) is 5.45. The molecule has 1 N–H and O–H groups in total. The molecule has 29 heavy (non-hydrogen) atoms. The second-order valence-corrected chi connectivity index (χ2v) is 8.56. The third-order valence-electron chi connectivity index (χ3n) is 4.06. The summed E-state index contributed by atoms with van der Waals surface area (Å²) in [6.45, 7) is 10.3. The van der Waals surface area contributed by atoms with Crippen LogP contribution in [-0.2, 0) is 17.9 Å². The molecule has 1 atom stereocenters. The van der Waals surface area contributed by atoms with Gasteiger partial charge in [-0.25, -0.2) is 4.98 Å². The number of allylic oxidation sites excluding steroid dienone is 1. The van der Waals surface area contributed by atoms with Gasteiger partial charge in [-0.15, -0.1) is 28.1 Å². The molecule has 0 aliphatic heterocycles. The monoisotopic (exact) mass is 429 g/mol. The number of hydrogen-bond donors (Lipinski definition) is 1. The fourth-order valence-electron chi connectivity index (χ4n) is 2.52. The molecule has 0 aliphatic rings. The molecule has 0 spiro atoms. The molecule has 0 radical (unpaired) electrons. The Morgan fingerprint density at radius 3 is 2.86 bits per heavy atom. The molecule has 0 bridgehead atoms. The SMILES string of the molecule is C=CCn1c(COc2ccccc2C)nnc1S[C@H](C)C(=O)Nc1nc(C)cs1. The van der Waals surface area contributed by atoms with Crippen molar-refractivity contribution in [2.24, 2.45) is 0 Å². The van der Waals surface area contributed by atoms with Gasteiger partial charge in [0.25, 0.3) is 0 Å². The van der Waals surface area contributed by atoms with Crippen LogP contribution in [0.1, 0.15) is 24.0 Å². The maximum Gasteiger partial charge on any atom is 0.239 e. The third-order valence-corrected chi connectivity index (χ3v) is 6.01. The molecule has 152 valence electrons. The van der Waals surface area contributed by atoms with Crippen molar-refractivity contribution in [3.05, 3.63) is 59.4 Å². The molecule has 0 saturated carbocycles. The van der Waals surface area contributed by atoms with E-state index in [0.29, 0.717) is 22.7 Å². The fraction of sp³-hybridized carbons (Fsp3) is 0.300. The van der Waals surface area contributed by atoms with Crippen LogP contribution in [-0.4, -0.2) is 30.9 Å². The van der Waals surface area contributed by atoms with E-state index < -0.39 is 0 Å². The van der Waals surface area contributed by atoms with Gasteiger partial charge in [0, 0.05) is 11.9 Å². The highest BCUT2D eigenvalue weighted by Crippen LogP contribution is 2.25. The molecule has 9 heteroatoms. The number of thiazole rings is 1. The average molecular weight is 430 g/mol. The zero-order valence-electron chi connectivity index (χ0n) is 16.6. The summed E-state index contributed by atoms with van der Waals surface area (Å²) in [4.78, 5) is 16.7. The number of amides is 1. The van der Waals surface area contributed by atoms with Crippen molar-refractivity contribution in [3.8, 4) is 5.75 Å². The van der Waals surface area contributed by atoms with Crippen molar-refractivity contribution in [3.63, 3.8) is 0 Å². The van der Waals surface area contributed by atoms with E-state index in [4.69, 9.17) is 4.74 Å². The molecule has 3 rings (SSSR count). The van der Waals surface area contributed by atoms with Gasteiger partial charge in [-0.1, -0.05) is 36.0 Å². The Labute approximate surface area is 178 Å². The lowest BCUT2D eigenvalue weighted by Gasteiger charge is -2.12. The first kappa shape index (κ1) is 21.1. The highest BCUT2D eigenvalue weighted by atomic mass is 32.2. The van der Waals surface area contributed by atoms with Crippen molar-refractivity contribution in [1.82, 2.24) is 19.7 Å². The summed E-state index contributed by atoms with van der Waals surface area (Å²) in [5.74, 6) is 1.36. The standard InChI is InChI=1S/C20H23N5O2S2/c1-5-10-25-17(11-27-16-9-7-6-8-13(16)2)23-24-20(25)29-15(4)18(26)22-19-21-14(3)12-28-19/h5-9,12,15H,1,10-11H2,2-4H3,(H,21,22,26)/t15-/m1/s1. The number of thioether (sulfide) groups is 1. The maximum absolute atomic E-state index is 12.5. The second kappa shape index (κ2) is 9.71. The highest BCUT2D eigenvalue weighted by Gasteiger charge is 2.21. The van der Waals surface area contributed by atoms with Crippen LogP contribution in [0.15, 0.2) is 47.5 Å². The quantitative estimate of drug-likeness (QED) is 0.405. The van der Waals surface area contributed by atoms with Gasteiger partial charge in [0.2, 0.25) is 5.91 Å². The van der Waals surface area contributed by atoms with Crippen molar-refractivity contribution in [2.45, 2.75) is 44.3 Å². The predicted molar refractivity (Wildman–Crippen MR) is 117 cm³/mol. The number of carbonyl (C=O) groups is 1. The van der Waals surface area contributed by atoms with Crippen LogP contribution in [0, 0.1) is 13.8 Å². The van der Waals surface area contributed by atoms with Crippen LogP contribution >= 0.6 is 23.1 Å². The summed E-state index contributed by atoms with van der Waals surface area (Å²) < 4.78 is 7.81. The van der Waals surface area contributed by atoms with Crippen molar-refractivity contribution < 1.29 is 9.53 Å². The molecule has 0 fully saturated rings. The Morgan fingerprint density at radius 2 is 2.17 bits per heavy atom. The molecule has 0 saturated heterocycles. The summed E-state index contributed by atoms with van der Waals surface area (Å²) in [5.41, 5.74) is 1.94. The first-order valence-electron chi connectivity index (χ1n) is 9.09. The molecular weight excluding hydrogens is 406 g/mol. The number of aryl methyl sites for hydroxylation is 2. The number of benzene rings is 1. The number of hydrogen-bond acceptors (Lipinski definition) is 7. The Balaban J connectivity index is 1.68. The number of aromatic nitrogens is 4. The Morgan fingerprint density at radius 1 is 1.38 bits per heavy atom. The maximum atomic E-state index is 12.5. The van der Waals surface area contributed by atoms with Gasteiger partial charge in [0.05, 0.1) is 10.9 Å². The minimum absolute atomic E-state index is 0.129. The van der Waals surface area contributed by atoms with E-state index >= 15 is 0 Å². The minimum Gasteiger partial charge on any atom is -0.485 e. The minimum atomic E-state index is -0.364. The van der Waals surface area contributed by atoms with E-state index in [1.807, 2.05) is 55.0 Å².